The highest BCUT2D eigenvalue weighted by atomic mass is 32.1. The van der Waals surface area contributed by atoms with Crippen LogP contribution in [0.2, 0.25) is 0 Å². The van der Waals surface area contributed by atoms with Crippen molar-refractivity contribution < 1.29 is 23.4 Å². The average Bonchev–Trinajstić information content (AvgIpc) is 3.66. The third-order valence-electron chi connectivity index (χ3n) is 9.19. The van der Waals surface area contributed by atoms with Gasteiger partial charge in [-0.05, 0) is 69.3 Å². The first-order valence-electron chi connectivity index (χ1n) is 16.0. The summed E-state index contributed by atoms with van der Waals surface area (Å²) in [5, 5.41) is 8.61. The van der Waals surface area contributed by atoms with Crippen molar-refractivity contribution in [3.05, 3.63) is 59.9 Å². The van der Waals surface area contributed by atoms with Gasteiger partial charge in [0.1, 0.15) is 29.6 Å². The van der Waals surface area contributed by atoms with E-state index < -0.39 is 5.60 Å². The van der Waals surface area contributed by atoms with Gasteiger partial charge < -0.3 is 24.0 Å². The topological polar surface area (TPSA) is 82.0 Å². The molecule has 0 aliphatic carbocycles. The van der Waals surface area contributed by atoms with Crippen LogP contribution in [0.1, 0.15) is 33.6 Å². The minimum Gasteiger partial charge on any atom is -0.490 e. The Balaban J connectivity index is 1.28. The van der Waals surface area contributed by atoms with Crippen molar-refractivity contribution in [2.45, 2.75) is 39.2 Å². The molecule has 3 aromatic heterocycles. The summed E-state index contributed by atoms with van der Waals surface area (Å²) < 4.78 is 34.5. The zero-order valence-electron chi connectivity index (χ0n) is 27.5. The Kier molecular flexibility index (Phi) is 8.08. The fourth-order valence-electron chi connectivity index (χ4n) is 6.80. The van der Waals surface area contributed by atoms with E-state index in [4.69, 9.17) is 19.2 Å². The fourth-order valence-corrected chi connectivity index (χ4v) is 7.75. The van der Waals surface area contributed by atoms with Crippen molar-refractivity contribution in [1.29, 1.82) is 0 Å². The number of aromatic nitrogens is 3. The normalized spacial score (nSPS) is 16.2. The van der Waals surface area contributed by atoms with Gasteiger partial charge >= 0.3 is 6.09 Å². The number of pyridine rings is 1. The van der Waals surface area contributed by atoms with Crippen molar-refractivity contribution in [1.82, 2.24) is 19.7 Å². The summed E-state index contributed by atoms with van der Waals surface area (Å²) in [5.74, 6) is 0.950. The lowest BCUT2D eigenvalue weighted by atomic mass is 9.72. The Morgan fingerprint density at radius 3 is 2.60 bits per heavy atom. The first-order valence-corrected chi connectivity index (χ1v) is 16.9. The Bertz CT molecular complexity index is 1950. The van der Waals surface area contributed by atoms with Crippen molar-refractivity contribution in [3.63, 3.8) is 0 Å². The van der Waals surface area contributed by atoms with Gasteiger partial charge in [0, 0.05) is 84.0 Å². The molecule has 5 aromatic rings. The Hall–Kier alpha value is -4.22. The minimum absolute atomic E-state index is 0.0685. The average molecular weight is 658 g/mol. The smallest absolute Gasteiger partial charge is 0.410 e. The molecule has 2 aliphatic rings. The number of likely N-dealkylation sites (tertiary alicyclic amines) is 1. The van der Waals surface area contributed by atoms with Gasteiger partial charge in [0.15, 0.2) is 0 Å². The molecule has 246 valence electrons. The molecule has 1 spiro atoms. The molecule has 0 N–H and O–H groups in total. The molecule has 47 heavy (non-hydrogen) atoms. The van der Waals surface area contributed by atoms with Crippen LogP contribution in [-0.2, 0) is 16.5 Å². The number of fused-ring (bicyclic) bond motifs is 2. The molecule has 5 heterocycles. The van der Waals surface area contributed by atoms with Gasteiger partial charge in [-0.15, -0.1) is 11.3 Å². The van der Waals surface area contributed by atoms with Crippen molar-refractivity contribution in [2.75, 3.05) is 51.4 Å². The van der Waals surface area contributed by atoms with Crippen LogP contribution >= 0.6 is 11.3 Å². The van der Waals surface area contributed by atoms with Gasteiger partial charge in [-0.25, -0.2) is 14.2 Å². The number of aryl methyl sites for hydroxylation is 1. The number of halogens is 1. The number of anilines is 1. The molecule has 2 saturated heterocycles. The molecule has 9 nitrogen and oxygen atoms in total. The molecule has 0 bridgehead atoms. The number of rotatable bonds is 7. The second-order valence-electron chi connectivity index (χ2n) is 13.7. The Labute approximate surface area is 277 Å². The molecule has 0 saturated carbocycles. The highest BCUT2D eigenvalue weighted by molar-refractivity contribution is 7.18. The van der Waals surface area contributed by atoms with E-state index >= 15 is 0 Å². The summed E-state index contributed by atoms with van der Waals surface area (Å²) in [6.07, 6.45) is 3.48. The van der Waals surface area contributed by atoms with Crippen LogP contribution in [0.25, 0.3) is 43.4 Å². The number of carbonyl (C=O) groups is 1. The van der Waals surface area contributed by atoms with Crippen molar-refractivity contribution >= 4 is 44.2 Å². The number of piperidine rings is 1. The number of carbonyl (C=O) groups excluding carboxylic acids is 1. The number of benzene rings is 2. The SMILES string of the molecule is COCCOc1cc(F)ccc1-c1c(N2CCC3(CC2)CN(C(=O)OC(C)(C)C)C3)nc(-c2ccc3c(cnn3C)c2)c2ccsc12. The summed E-state index contributed by atoms with van der Waals surface area (Å²) in [6, 6.07) is 13.2. The maximum absolute atomic E-state index is 14.6. The molecule has 2 aromatic carbocycles. The van der Waals surface area contributed by atoms with E-state index in [2.05, 4.69) is 39.6 Å². The van der Waals surface area contributed by atoms with Crippen LogP contribution in [0.4, 0.5) is 15.0 Å². The standard InChI is InChI=1S/C36H40FN5O4S/c1-35(2,3)46-34(43)42-21-36(22-42)11-13-41(14-12-36)33-30(26-8-7-25(37)19-29(26)45-16-15-44-5)32-27(10-17-47-32)31(39-33)23-6-9-28-24(18-23)20-38-40(28)4/h6-10,17-20H,11-16,21-22H2,1-5H3. The van der Waals surface area contributed by atoms with Gasteiger partial charge in [-0.1, -0.05) is 6.07 Å². The number of methoxy groups -OCH3 is 1. The van der Waals surface area contributed by atoms with E-state index in [1.54, 1.807) is 24.5 Å². The molecule has 0 atom stereocenters. The van der Waals surface area contributed by atoms with Crippen LogP contribution in [0, 0.1) is 11.2 Å². The van der Waals surface area contributed by atoms with E-state index in [-0.39, 0.29) is 17.3 Å². The number of hydrogen-bond donors (Lipinski definition) is 0. The Morgan fingerprint density at radius 2 is 1.85 bits per heavy atom. The lowest BCUT2D eigenvalue weighted by molar-refractivity contribution is -0.0434. The van der Waals surface area contributed by atoms with Gasteiger partial charge in [0.25, 0.3) is 0 Å². The first kappa shape index (κ1) is 31.4. The second kappa shape index (κ2) is 12.1. The summed E-state index contributed by atoms with van der Waals surface area (Å²) >= 11 is 1.65. The van der Waals surface area contributed by atoms with E-state index in [1.807, 2.05) is 43.6 Å². The lowest BCUT2D eigenvalue weighted by Gasteiger charge is -2.53. The van der Waals surface area contributed by atoms with Gasteiger partial charge in [-0.2, -0.15) is 5.10 Å². The molecular formula is C36H40FN5O4S. The monoisotopic (exact) mass is 657 g/mol. The third kappa shape index (κ3) is 6.02. The summed E-state index contributed by atoms with van der Waals surface area (Å²) in [7, 11) is 3.56. The highest BCUT2D eigenvalue weighted by Crippen LogP contribution is 2.48. The van der Waals surface area contributed by atoms with Gasteiger partial charge in [0.2, 0.25) is 0 Å². The van der Waals surface area contributed by atoms with Crippen LogP contribution in [-0.4, -0.2) is 77.9 Å². The number of nitrogens with zero attached hydrogens (tertiary/aromatic N) is 5. The molecule has 2 fully saturated rings. The van der Waals surface area contributed by atoms with Crippen molar-refractivity contribution in [3.8, 4) is 28.1 Å². The van der Waals surface area contributed by atoms with Gasteiger partial charge in [-0.3, -0.25) is 4.68 Å². The number of ether oxygens (including phenoxy) is 3. The molecule has 0 radical (unpaired) electrons. The quantitative estimate of drug-likeness (QED) is 0.168. The van der Waals surface area contributed by atoms with Crippen molar-refractivity contribution in [2.24, 2.45) is 12.5 Å². The predicted octanol–water partition coefficient (Wildman–Crippen LogP) is 7.52. The molecule has 0 unspecified atom stereocenters. The number of amides is 1. The Morgan fingerprint density at radius 1 is 1.06 bits per heavy atom. The second-order valence-corrected chi connectivity index (χ2v) is 14.6. The largest absolute Gasteiger partial charge is 0.490 e. The summed E-state index contributed by atoms with van der Waals surface area (Å²) in [5.41, 5.74) is 4.25. The van der Waals surface area contributed by atoms with E-state index in [0.717, 1.165) is 75.1 Å². The minimum atomic E-state index is -0.516. The number of thiophene rings is 1. The predicted molar refractivity (Wildman–Crippen MR) is 184 cm³/mol. The maximum Gasteiger partial charge on any atom is 0.410 e. The molecule has 7 rings (SSSR count). The fraction of sp³-hybridized carbons (Fsp3) is 0.417. The third-order valence-corrected chi connectivity index (χ3v) is 10.1. The van der Waals surface area contributed by atoms with Crippen LogP contribution < -0.4 is 9.64 Å². The zero-order valence-corrected chi connectivity index (χ0v) is 28.3. The van der Waals surface area contributed by atoms with E-state index in [9.17, 15) is 9.18 Å². The van der Waals surface area contributed by atoms with Crippen LogP contribution in [0.3, 0.4) is 0 Å². The first-order chi connectivity index (χ1) is 22.5. The molecule has 11 heteroatoms. The maximum atomic E-state index is 14.6. The van der Waals surface area contributed by atoms with E-state index in [1.165, 1.54) is 12.1 Å². The van der Waals surface area contributed by atoms with Crippen LogP contribution in [0.5, 0.6) is 5.75 Å². The molecule has 2 aliphatic heterocycles. The zero-order chi connectivity index (χ0) is 32.9. The number of hydrogen-bond acceptors (Lipinski definition) is 8. The lowest BCUT2D eigenvalue weighted by Crippen LogP contribution is -2.62. The van der Waals surface area contributed by atoms with E-state index in [0.29, 0.717) is 32.1 Å². The summed E-state index contributed by atoms with van der Waals surface area (Å²) in [6.45, 7) is 9.33. The van der Waals surface area contributed by atoms with Crippen LogP contribution in [0.15, 0.2) is 54.0 Å². The molecule has 1 amide bonds. The van der Waals surface area contributed by atoms with Gasteiger partial charge in [0.05, 0.1) is 24.0 Å². The summed E-state index contributed by atoms with van der Waals surface area (Å²) in [4.78, 5) is 22.3. The highest BCUT2D eigenvalue weighted by Gasteiger charge is 2.48. The molecular weight excluding hydrogens is 617 g/mol.